The first-order valence-electron chi connectivity index (χ1n) is 5.80. The molecule has 1 nitrogen and oxygen atoms in total. The Hall–Kier alpha value is -0.110. The minimum Gasteiger partial charge on any atom is -0.312 e. The SMILES string of the molecule is CNC(C)(C)C(F)C1CCCC(C)C1. The maximum Gasteiger partial charge on any atom is 0.120 e. The van der Waals surface area contributed by atoms with Crippen molar-refractivity contribution in [3.63, 3.8) is 0 Å². The summed E-state index contributed by atoms with van der Waals surface area (Å²) in [5.41, 5.74) is -0.373. The lowest BCUT2D eigenvalue weighted by atomic mass is 9.75. The molecule has 0 radical (unpaired) electrons. The van der Waals surface area contributed by atoms with E-state index in [0.29, 0.717) is 5.92 Å². The average molecular weight is 201 g/mol. The Kier molecular flexibility index (Phi) is 3.94. The first-order chi connectivity index (χ1) is 6.47. The van der Waals surface area contributed by atoms with Crippen molar-refractivity contribution in [2.75, 3.05) is 7.05 Å². The van der Waals surface area contributed by atoms with Gasteiger partial charge in [0.05, 0.1) is 0 Å². The highest BCUT2D eigenvalue weighted by molar-refractivity contribution is 4.91. The maximum absolute atomic E-state index is 14.2. The first-order valence-corrected chi connectivity index (χ1v) is 5.80. The summed E-state index contributed by atoms with van der Waals surface area (Å²) >= 11 is 0. The van der Waals surface area contributed by atoms with Crippen molar-refractivity contribution in [3.05, 3.63) is 0 Å². The fourth-order valence-corrected chi connectivity index (χ4v) is 2.47. The van der Waals surface area contributed by atoms with Crippen LogP contribution in [0.1, 0.15) is 46.5 Å². The molecule has 1 aliphatic rings. The minimum absolute atomic E-state index is 0.265. The van der Waals surface area contributed by atoms with Crippen LogP contribution in [0.4, 0.5) is 4.39 Å². The summed E-state index contributed by atoms with van der Waals surface area (Å²) in [4.78, 5) is 0. The molecule has 0 aromatic rings. The van der Waals surface area contributed by atoms with E-state index in [2.05, 4.69) is 12.2 Å². The second-order valence-electron chi connectivity index (χ2n) is 5.41. The van der Waals surface area contributed by atoms with Crippen LogP contribution in [-0.2, 0) is 0 Å². The summed E-state index contributed by atoms with van der Waals surface area (Å²) < 4.78 is 14.2. The van der Waals surface area contributed by atoms with Crippen molar-refractivity contribution >= 4 is 0 Å². The number of alkyl halides is 1. The minimum atomic E-state index is -0.713. The van der Waals surface area contributed by atoms with E-state index in [4.69, 9.17) is 0 Å². The Bertz CT molecular complexity index is 179. The summed E-state index contributed by atoms with van der Waals surface area (Å²) in [7, 11) is 1.85. The van der Waals surface area contributed by atoms with Gasteiger partial charge < -0.3 is 5.32 Å². The van der Waals surface area contributed by atoms with Crippen LogP contribution in [0.2, 0.25) is 0 Å². The smallest absolute Gasteiger partial charge is 0.120 e. The number of nitrogens with one attached hydrogen (secondary N) is 1. The van der Waals surface area contributed by atoms with Gasteiger partial charge in [0.15, 0.2) is 0 Å². The molecule has 2 heteroatoms. The van der Waals surface area contributed by atoms with Crippen molar-refractivity contribution in [2.24, 2.45) is 11.8 Å². The van der Waals surface area contributed by atoms with E-state index in [1.54, 1.807) is 0 Å². The van der Waals surface area contributed by atoms with E-state index in [0.717, 1.165) is 12.8 Å². The third-order valence-corrected chi connectivity index (χ3v) is 3.72. The summed E-state index contributed by atoms with van der Waals surface area (Å²) in [5.74, 6) is 0.973. The van der Waals surface area contributed by atoms with E-state index in [9.17, 15) is 4.39 Å². The number of rotatable bonds is 3. The second kappa shape index (κ2) is 4.61. The number of hydrogen-bond donors (Lipinski definition) is 1. The van der Waals surface area contributed by atoms with E-state index < -0.39 is 6.17 Å². The Morgan fingerprint density at radius 3 is 2.50 bits per heavy atom. The highest BCUT2D eigenvalue weighted by Crippen LogP contribution is 2.35. The number of hydrogen-bond acceptors (Lipinski definition) is 1. The van der Waals surface area contributed by atoms with E-state index in [-0.39, 0.29) is 11.5 Å². The van der Waals surface area contributed by atoms with Gasteiger partial charge in [0.2, 0.25) is 0 Å². The molecule has 0 heterocycles. The molecule has 1 saturated carbocycles. The van der Waals surface area contributed by atoms with Gasteiger partial charge in [-0.25, -0.2) is 4.39 Å². The van der Waals surface area contributed by atoms with E-state index in [1.807, 2.05) is 20.9 Å². The zero-order chi connectivity index (χ0) is 10.8. The molecule has 3 unspecified atom stereocenters. The summed E-state index contributed by atoms with van der Waals surface area (Å²) in [5, 5.41) is 3.08. The monoisotopic (exact) mass is 201 g/mol. The zero-order valence-electron chi connectivity index (χ0n) is 9.94. The van der Waals surface area contributed by atoms with E-state index in [1.165, 1.54) is 12.8 Å². The van der Waals surface area contributed by atoms with Crippen LogP contribution in [0.5, 0.6) is 0 Å². The van der Waals surface area contributed by atoms with Crippen molar-refractivity contribution in [3.8, 4) is 0 Å². The van der Waals surface area contributed by atoms with Gasteiger partial charge in [-0.05, 0) is 45.6 Å². The third-order valence-electron chi connectivity index (χ3n) is 3.72. The lowest BCUT2D eigenvalue weighted by Crippen LogP contribution is -2.49. The summed E-state index contributed by atoms with van der Waals surface area (Å²) in [6.45, 7) is 6.15. The van der Waals surface area contributed by atoms with Gasteiger partial charge in [0, 0.05) is 5.54 Å². The summed E-state index contributed by atoms with van der Waals surface area (Å²) in [6, 6.07) is 0. The lowest BCUT2D eigenvalue weighted by Gasteiger charge is -2.37. The third kappa shape index (κ3) is 2.69. The zero-order valence-corrected chi connectivity index (χ0v) is 9.94. The fraction of sp³-hybridized carbons (Fsp3) is 1.00. The molecule has 0 saturated heterocycles. The molecule has 14 heavy (non-hydrogen) atoms. The first kappa shape index (κ1) is 12.0. The average Bonchev–Trinajstić information content (AvgIpc) is 2.16. The van der Waals surface area contributed by atoms with E-state index >= 15 is 0 Å². The molecule has 0 aromatic heterocycles. The van der Waals surface area contributed by atoms with Crippen molar-refractivity contribution < 1.29 is 4.39 Å². The van der Waals surface area contributed by atoms with Crippen LogP contribution < -0.4 is 5.32 Å². The van der Waals surface area contributed by atoms with Gasteiger partial charge in [-0.2, -0.15) is 0 Å². The molecule has 0 spiro atoms. The molecule has 1 fully saturated rings. The van der Waals surface area contributed by atoms with Gasteiger partial charge in [-0.15, -0.1) is 0 Å². The Morgan fingerprint density at radius 2 is 2.00 bits per heavy atom. The lowest BCUT2D eigenvalue weighted by molar-refractivity contribution is 0.0827. The fourth-order valence-electron chi connectivity index (χ4n) is 2.47. The largest absolute Gasteiger partial charge is 0.312 e. The predicted molar refractivity (Wildman–Crippen MR) is 59.2 cm³/mol. The van der Waals surface area contributed by atoms with Gasteiger partial charge in [0.25, 0.3) is 0 Å². The molecule has 84 valence electrons. The van der Waals surface area contributed by atoms with Crippen LogP contribution in [0.15, 0.2) is 0 Å². The molecule has 0 amide bonds. The van der Waals surface area contributed by atoms with Gasteiger partial charge in [0.1, 0.15) is 6.17 Å². The Labute approximate surface area is 87.5 Å². The van der Waals surface area contributed by atoms with Crippen LogP contribution in [0, 0.1) is 11.8 Å². The molecule has 1 aliphatic carbocycles. The molecule has 1 rings (SSSR count). The standard InChI is InChI=1S/C12H24FN/c1-9-6-5-7-10(8-9)11(13)12(2,3)14-4/h9-11,14H,5-8H2,1-4H3. The van der Waals surface area contributed by atoms with Crippen LogP contribution in [0.3, 0.4) is 0 Å². The molecular formula is C12H24FN. The molecule has 3 atom stereocenters. The van der Waals surface area contributed by atoms with Crippen LogP contribution >= 0.6 is 0 Å². The molecule has 0 aromatic carbocycles. The van der Waals surface area contributed by atoms with Gasteiger partial charge in [-0.1, -0.05) is 19.8 Å². The Morgan fingerprint density at radius 1 is 1.36 bits per heavy atom. The Balaban J connectivity index is 2.55. The van der Waals surface area contributed by atoms with Crippen LogP contribution in [-0.4, -0.2) is 18.8 Å². The highest BCUT2D eigenvalue weighted by atomic mass is 19.1. The molecular weight excluding hydrogens is 177 g/mol. The molecule has 1 N–H and O–H groups in total. The van der Waals surface area contributed by atoms with Crippen molar-refractivity contribution in [2.45, 2.75) is 58.2 Å². The van der Waals surface area contributed by atoms with Crippen molar-refractivity contribution in [1.29, 1.82) is 0 Å². The van der Waals surface area contributed by atoms with Crippen LogP contribution in [0.25, 0.3) is 0 Å². The molecule has 0 aliphatic heterocycles. The number of halogens is 1. The quantitative estimate of drug-likeness (QED) is 0.739. The normalized spacial score (nSPS) is 31.5. The van der Waals surface area contributed by atoms with Gasteiger partial charge >= 0.3 is 0 Å². The topological polar surface area (TPSA) is 12.0 Å². The molecule has 0 bridgehead atoms. The van der Waals surface area contributed by atoms with Crippen molar-refractivity contribution in [1.82, 2.24) is 5.32 Å². The predicted octanol–water partition coefficient (Wildman–Crippen LogP) is 3.15. The second-order valence-corrected chi connectivity index (χ2v) is 5.41. The summed E-state index contributed by atoms with van der Waals surface area (Å²) in [6.07, 6.45) is 3.90. The maximum atomic E-state index is 14.2. The highest BCUT2D eigenvalue weighted by Gasteiger charge is 2.36. The van der Waals surface area contributed by atoms with Gasteiger partial charge in [-0.3, -0.25) is 0 Å².